The molecular formula is C24H26N3O4+. The highest BCUT2D eigenvalue weighted by Gasteiger charge is 2.35. The molecule has 0 bridgehead atoms. The molecule has 4 rings (SSSR count). The zero-order chi connectivity index (χ0) is 21.8. The van der Waals surface area contributed by atoms with Crippen molar-refractivity contribution in [2.24, 2.45) is 0 Å². The summed E-state index contributed by atoms with van der Waals surface area (Å²) in [6.07, 6.45) is 1.51. The molecule has 0 atom stereocenters. The van der Waals surface area contributed by atoms with E-state index < -0.39 is 5.91 Å². The summed E-state index contributed by atoms with van der Waals surface area (Å²) < 4.78 is 5.43. The zero-order valence-electron chi connectivity index (χ0n) is 17.4. The third kappa shape index (κ3) is 4.42. The van der Waals surface area contributed by atoms with Crippen LogP contribution in [0, 0.1) is 0 Å². The van der Waals surface area contributed by atoms with Crippen molar-refractivity contribution in [3.05, 3.63) is 82.9 Å². The van der Waals surface area contributed by atoms with Crippen molar-refractivity contribution in [1.29, 1.82) is 0 Å². The molecule has 2 aliphatic heterocycles. The van der Waals surface area contributed by atoms with Crippen LogP contribution in [0.4, 0.5) is 0 Å². The average molecular weight is 420 g/mol. The van der Waals surface area contributed by atoms with Crippen LogP contribution in [0.3, 0.4) is 0 Å². The third-order valence-electron chi connectivity index (χ3n) is 5.74. The van der Waals surface area contributed by atoms with E-state index in [1.54, 1.807) is 12.1 Å². The van der Waals surface area contributed by atoms with Gasteiger partial charge in [0.15, 0.2) is 0 Å². The fraction of sp³-hybridized carbons (Fsp3) is 0.292. The van der Waals surface area contributed by atoms with E-state index in [0.29, 0.717) is 17.7 Å². The lowest BCUT2D eigenvalue weighted by Crippen LogP contribution is -3.12. The highest BCUT2D eigenvalue weighted by Crippen LogP contribution is 2.24. The number of carbonyl (C=O) groups excluding carboxylic acids is 3. The molecule has 0 saturated carbocycles. The number of hydrogen-bond acceptors (Lipinski definition) is 4. The second-order valence-electron chi connectivity index (χ2n) is 7.76. The van der Waals surface area contributed by atoms with E-state index in [2.05, 4.69) is 18.0 Å². The van der Waals surface area contributed by atoms with Gasteiger partial charge < -0.3 is 15.0 Å². The van der Waals surface area contributed by atoms with Gasteiger partial charge in [0, 0.05) is 24.2 Å². The first kappa shape index (κ1) is 21.0. The molecule has 0 aliphatic carbocycles. The van der Waals surface area contributed by atoms with Crippen LogP contribution in [0.15, 0.2) is 55.1 Å². The first-order chi connectivity index (χ1) is 15.1. The summed E-state index contributed by atoms with van der Waals surface area (Å²) in [7, 11) is 0. The number of carbonyl (C=O) groups is 3. The summed E-state index contributed by atoms with van der Waals surface area (Å²) in [6, 6.07) is 12.7. The lowest BCUT2D eigenvalue weighted by Gasteiger charge is -2.24. The van der Waals surface area contributed by atoms with Gasteiger partial charge in [-0.25, -0.2) is 0 Å². The number of quaternary nitrogens is 1. The number of nitrogens with zero attached hydrogens (tertiary/aromatic N) is 1. The monoisotopic (exact) mass is 420 g/mol. The SMILES string of the molecule is C=CCN1C(=O)c2ccc(C(=O)NCc3ccccc3C[NH+]3CCOCC3)cc2C1=O. The Labute approximate surface area is 181 Å². The van der Waals surface area contributed by atoms with Gasteiger partial charge in [0.1, 0.15) is 19.6 Å². The molecule has 7 heteroatoms. The Kier molecular flexibility index (Phi) is 6.25. The van der Waals surface area contributed by atoms with Gasteiger partial charge in [-0.15, -0.1) is 6.58 Å². The van der Waals surface area contributed by atoms with Crippen LogP contribution in [0.5, 0.6) is 0 Å². The second kappa shape index (κ2) is 9.24. The Morgan fingerprint density at radius 3 is 2.52 bits per heavy atom. The molecule has 2 N–H and O–H groups in total. The first-order valence-electron chi connectivity index (χ1n) is 10.5. The van der Waals surface area contributed by atoms with Gasteiger partial charge in [0.05, 0.1) is 24.3 Å². The van der Waals surface area contributed by atoms with Crippen LogP contribution in [0.2, 0.25) is 0 Å². The molecule has 2 heterocycles. The van der Waals surface area contributed by atoms with Crippen molar-refractivity contribution in [1.82, 2.24) is 10.2 Å². The van der Waals surface area contributed by atoms with E-state index in [1.807, 2.05) is 18.2 Å². The largest absolute Gasteiger partial charge is 0.370 e. The quantitative estimate of drug-likeness (QED) is 0.513. The normalized spacial score (nSPS) is 16.3. The minimum Gasteiger partial charge on any atom is -0.370 e. The molecule has 0 radical (unpaired) electrons. The van der Waals surface area contributed by atoms with Gasteiger partial charge in [-0.05, 0) is 23.8 Å². The molecule has 2 aliphatic rings. The maximum Gasteiger partial charge on any atom is 0.261 e. The van der Waals surface area contributed by atoms with Crippen LogP contribution in [-0.4, -0.2) is 55.5 Å². The third-order valence-corrected chi connectivity index (χ3v) is 5.74. The summed E-state index contributed by atoms with van der Waals surface area (Å²) in [5, 5.41) is 2.95. The van der Waals surface area contributed by atoms with Gasteiger partial charge in [-0.3, -0.25) is 19.3 Å². The summed E-state index contributed by atoms with van der Waals surface area (Å²) >= 11 is 0. The Bertz CT molecular complexity index is 1030. The lowest BCUT2D eigenvalue weighted by molar-refractivity contribution is -0.921. The smallest absolute Gasteiger partial charge is 0.261 e. The number of benzene rings is 2. The second-order valence-corrected chi connectivity index (χ2v) is 7.76. The van der Waals surface area contributed by atoms with Crippen molar-refractivity contribution < 1.29 is 24.0 Å². The Morgan fingerprint density at radius 2 is 1.77 bits per heavy atom. The lowest BCUT2D eigenvalue weighted by atomic mass is 10.0. The van der Waals surface area contributed by atoms with Crippen molar-refractivity contribution >= 4 is 17.7 Å². The predicted molar refractivity (Wildman–Crippen MR) is 115 cm³/mol. The first-order valence-corrected chi connectivity index (χ1v) is 10.5. The molecule has 31 heavy (non-hydrogen) atoms. The maximum atomic E-state index is 12.8. The molecule has 1 fully saturated rings. The molecule has 1 saturated heterocycles. The number of amides is 3. The van der Waals surface area contributed by atoms with Gasteiger partial charge in [0.25, 0.3) is 17.7 Å². The number of imide groups is 1. The summed E-state index contributed by atoms with van der Waals surface area (Å²) in [5.74, 6) is -1.03. The number of ether oxygens (including phenoxy) is 1. The molecule has 2 aromatic rings. The average Bonchev–Trinajstić information content (AvgIpc) is 3.03. The maximum absolute atomic E-state index is 12.8. The molecule has 0 unspecified atom stereocenters. The van der Waals surface area contributed by atoms with Crippen molar-refractivity contribution in [3.63, 3.8) is 0 Å². The summed E-state index contributed by atoms with van der Waals surface area (Å²) in [6.45, 7) is 8.52. The van der Waals surface area contributed by atoms with E-state index in [-0.39, 0.29) is 23.9 Å². The molecule has 0 aromatic heterocycles. The fourth-order valence-electron chi connectivity index (χ4n) is 4.01. The van der Waals surface area contributed by atoms with Crippen LogP contribution < -0.4 is 10.2 Å². The van der Waals surface area contributed by atoms with Gasteiger partial charge in [0.2, 0.25) is 0 Å². The minimum atomic E-state index is -0.395. The summed E-state index contributed by atoms with van der Waals surface area (Å²) in [5.41, 5.74) is 3.21. The highest BCUT2D eigenvalue weighted by molar-refractivity contribution is 6.22. The van der Waals surface area contributed by atoms with Crippen LogP contribution in [0.1, 0.15) is 42.2 Å². The van der Waals surface area contributed by atoms with E-state index >= 15 is 0 Å². The highest BCUT2D eigenvalue weighted by atomic mass is 16.5. The number of hydrogen-bond donors (Lipinski definition) is 2. The van der Waals surface area contributed by atoms with Crippen LogP contribution in [0.25, 0.3) is 0 Å². The Balaban J connectivity index is 1.44. The molecule has 160 valence electrons. The van der Waals surface area contributed by atoms with Crippen molar-refractivity contribution in [2.45, 2.75) is 13.1 Å². The van der Waals surface area contributed by atoms with E-state index in [0.717, 1.165) is 43.3 Å². The predicted octanol–water partition coefficient (Wildman–Crippen LogP) is 0.814. The van der Waals surface area contributed by atoms with Crippen LogP contribution >= 0.6 is 0 Å². The number of fused-ring (bicyclic) bond motifs is 1. The Hall–Kier alpha value is -3.29. The van der Waals surface area contributed by atoms with Crippen molar-refractivity contribution in [3.8, 4) is 0 Å². The number of morpholine rings is 1. The molecule has 7 nitrogen and oxygen atoms in total. The molecule has 0 spiro atoms. The van der Waals surface area contributed by atoms with Gasteiger partial charge >= 0.3 is 0 Å². The van der Waals surface area contributed by atoms with Gasteiger partial charge in [-0.2, -0.15) is 0 Å². The number of rotatable bonds is 7. The standard InChI is InChI=1S/C24H25N3O4/c1-2-9-27-23(29)20-8-7-17(14-21(20)24(27)30)22(28)25-15-18-5-3-4-6-19(18)16-26-10-12-31-13-11-26/h2-8,14H,1,9-13,15-16H2,(H,25,28)/p+1. The molecule has 2 aromatic carbocycles. The van der Waals surface area contributed by atoms with E-state index in [4.69, 9.17) is 4.74 Å². The van der Waals surface area contributed by atoms with E-state index in [1.165, 1.54) is 22.6 Å². The van der Waals surface area contributed by atoms with Gasteiger partial charge in [-0.1, -0.05) is 30.3 Å². The Morgan fingerprint density at radius 1 is 1.06 bits per heavy atom. The summed E-state index contributed by atoms with van der Waals surface area (Å²) in [4.78, 5) is 40.2. The topological polar surface area (TPSA) is 80.2 Å². The zero-order valence-corrected chi connectivity index (χ0v) is 17.4. The fourth-order valence-corrected chi connectivity index (χ4v) is 4.01. The van der Waals surface area contributed by atoms with Crippen LogP contribution in [-0.2, 0) is 17.8 Å². The number of nitrogens with one attached hydrogen (secondary N) is 2. The minimum absolute atomic E-state index is 0.149. The van der Waals surface area contributed by atoms with Crippen molar-refractivity contribution in [2.75, 3.05) is 32.8 Å². The molecular weight excluding hydrogens is 394 g/mol. The van der Waals surface area contributed by atoms with E-state index in [9.17, 15) is 14.4 Å². The molecule has 3 amide bonds.